The van der Waals surface area contributed by atoms with Crippen LogP contribution in [0.25, 0.3) is 0 Å². The molecule has 0 bridgehead atoms. The van der Waals surface area contributed by atoms with Crippen molar-refractivity contribution in [2.24, 2.45) is 4.99 Å². The SMILES string of the molecule is CCNC(=NCCCCCC(=O)OC)NCCc1ccccc1. The van der Waals surface area contributed by atoms with E-state index in [-0.39, 0.29) is 5.97 Å². The first-order valence-electron chi connectivity index (χ1n) is 8.39. The van der Waals surface area contributed by atoms with Crippen LogP contribution < -0.4 is 10.6 Å². The van der Waals surface area contributed by atoms with Gasteiger partial charge in [0.1, 0.15) is 0 Å². The van der Waals surface area contributed by atoms with Crippen LogP contribution in [0.4, 0.5) is 0 Å². The van der Waals surface area contributed by atoms with Crippen molar-refractivity contribution in [2.75, 3.05) is 26.7 Å². The van der Waals surface area contributed by atoms with Gasteiger partial charge >= 0.3 is 5.97 Å². The Bertz CT molecular complexity index is 461. The van der Waals surface area contributed by atoms with Crippen molar-refractivity contribution in [3.63, 3.8) is 0 Å². The molecule has 23 heavy (non-hydrogen) atoms. The van der Waals surface area contributed by atoms with Gasteiger partial charge in [-0.05, 0) is 31.7 Å². The van der Waals surface area contributed by atoms with Crippen LogP contribution in [0.5, 0.6) is 0 Å². The summed E-state index contributed by atoms with van der Waals surface area (Å²) in [6.07, 6.45) is 4.30. The Morgan fingerprint density at radius 3 is 2.61 bits per heavy atom. The number of methoxy groups -OCH3 is 1. The molecule has 0 aliphatic carbocycles. The van der Waals surface area contributed by atoms with Crippen molar-refractivity contribution in [2.45, 2.75) is 39.0 Å². The number of carbonyl (C=O) groups is 1. The van der Waals surface area contributed by atoms with Gasteiger partial charge < -0.3 is 15.4 Å². The van der Waals surface area contributed by atoms with E-state index in [1.165, 1.54) is 12.7 Å². The van der Waals surface area contributed by atoms with Crippen molar-refractivity contribution in [1.29, 1.82) is 0 Å². The fourth-order valence-corrected chi connectivity index (χ4v) is 2.16. The van der Waals surface area contributed by atoms with Gasteiger partial charge in [-0.25, -0.2) is 0 Å². The quantitative estimate of drug-likeness (QED) is 0.301. The molecule has 0 amide bonds. The molecule has 0 saturated carbocycles. The number of ether oxygens (including phenoxy) is 1. The maximum atomic E-state index is 11.0. The minimum Gasteiger partial charge on any atom is -0.469 e. The third-order valence-electron chi connectivity index (χ3n) is 3.43. The van der Waals surface area contributed by atoms with Crippen molar-refractivity contribution >= 4 is 11.9 Å². The van der Waals surface area contributed by atoms with Crippen LogP contribution in [0.15, 0.2) is 35.3 Å². The summed E-state index contributed by atoms with van der Waals surface area (Å²) in [7, 11) is 1.43. The van der Waals surface area contributed by atoms with Gasteiger partial charge in [0.15, 0.2) is 5.96 Å². The van der Waals surface area contributed by atoms with E-state index in [0.717, 1.165) is 51.3 Å². The minimum atomic E-state index is -0.135. The number of carbonyl (C=O) groups excluding carboxylic acids is 1. The zero-order valence-electron chi connectivity index (χ0n) is 14.3. The number of hydrogen-bond donors (Lipinski definition) is 2. The molecule has 1 aromatic rings. The number of unbranched alkanes of at least 4 members (excludes halogenated alkanes) is 2. The van der Waals surface area contributed by atoms with E-state index < -0.39 is 0 Å². The van der Waals surface area contributed by atoms with Gasteiger partial charge in [0.2, 0.25) is 0 Å². The van der Waals surface area contributed by atoms with E-state index in [4.69, 9.17) is 0 Å². The second-order valence-corrected chi connectivity index (χ2v) is 5.31. The summed E-state index contributed by atoms with van der Waals surface area (Å²) in [6.45, 7) is 4.53. The normalized spacial score (nSPS) is 11.1. The van der Waals surface area contributed by atoms with Gasteiger partial charge in [0.05, 0.1) is 7.11 Å². The zero-order chi connectivity index (χ0) is 16.8. The summed E-state index contributed by atoms with van der Waals surface area (Å²) in [6, 6.07) is 10.4. The van der Waals surface area contributed by atoms with Crippen LogP contribution >= 0.6 is 0 Å². The van der Waals surface area contributed by atoms with Crippen LogP contribution in [0.2, 0.25) is 0 Å². The maximum absolute atomic E-state index is 11.0. The maximum Gasteiger partial charge on any atom is 0.305 e. The number of guanidine groups is 1. The average Bonchev–Trinajstić information content (AvgIpc) is 2.58. The van der Waals surface area contributed by atoms with Crippen LogP contribution in [-0.4, -0.2) is 38.7 Å². The molecule has 0 unspecified atom stereocenters. The topological polar surface area (TPSA) is 62.7 Å². The molecular formula is C18H29N3O2. The Kier molecular flexibility index (Phi) is 10.3. The number of nitrogens with one attached hydrogen (secondary N) is 2. The van der Waals surface area contributed by atoms with Crippen molar-refractivity contribution in [3.05, 3.63) is 35.9 Å². The molecule has 0 fully saturated rings. The third kappa shape index (κ3) is 9.55. The fraction of sp³-hybridized carbons (Fsp3) is 0.556. The van der Waals surface area contributed by atoms with E-state index in [1.807, 2.05) is 6.07 Å². The van der Waals surface area contributed by atoms with Crippen LogP contribution in [-0.2, 0) is 16.0 Å². The van der Waals surface area contributed by atoms with Gasteiger partial charge in [-0.2, -0.15) is 0 Å². The summed E-state index contributed by atoms with van der Waals surface area (Å²) in [4.78, 5) is 15.6. The summed E-state index contributed by atoms with van der Waals surface area (Å²) in [5, 5.41) is 6.60. The van der Waals surface area contributed by atoms with E-state index >= 15 is 0 Å². The highest BCUT2D eigenvalue weighted by Gasteiger charge is 2.00. The molecule has 0 atom stereocenters. The number of aliphatic imine (C=N–C) groups is 1. The molecule has 1 rings (SSSR count). The first-order chi connectivity index (χ1) is 11.3. The summed E-state index contributed by atoms with van der Waals surface area (Å²) in [5.74, 6) is 0.723. The molecule has 5 nitrogen and oxygen atoms in total. The number of hydrogen-bond acceptors (Lipinski definition) is 3. The van der Waals surface area contributed by atoms with Crippen molar-refractivity contribution < 1.29 is 9.53 Å². The van der Waals surface area contributed by atoms with E-state index in [0.29, 0.717) is 6.42 Å². The van der Waals surface area contributed by atoms with Crippen molar-refractivity contribution in [3.8, 4) is 0 Å². The molecule has 128 valence electrons. The highest BCUT2D eigenvalue weighted by atomic mass is 16.5. The highest BCUT2D eigenvalue weighted by Crippen LogP contribution is 2.01. The molecule has 5 heteroatoms. The lowest BCUT2D eigenvalue weighted by atomic mass is 10.1. The van der Waals surface area contributed by atoms with E-state index in [2.05, 4.69) is 51.6 Å². The standard InChI is InChI=1S/C18H29N3O2/c1-3-19-18(20-14-9-5-8-12-17(22)23-2)21-15-13-16-10-6-4-7-11-16/h4,6-7,10-11H,3,5,8-9,12-15H2,1-2H3,(H2,19,20,21). The fourth-order valence-electron chi connectivity index (χ4n) is 2.16. The Balaban J connectivity index is 2.20. The lowest BCUT2D eigenvalue weighted by Gasteiger charge is -2.11. The Morgan fingerprint density at radius 1 is 1.13 bits per heavy atom. The smallest absolute Gasteiger partial charge is 0.305 e. The molecule has 0 spiro atoms. The second kappa shape index (κ2) is 12.5. The van der Waals surface area contributed by atoms with Gasteiger partial charge in [-0.15, -0.1) is 0 Å². The molecule has 0 radical (unpaired) electrons. The molecule has 2 N–H and O–H groups in total. The van der Waals surface area contributed by atoms with Crippen LogP contribution in [0.3, 0.4) is 0 Å². The molecule has 1 aromatic carbocycles. The van der Waals surface area contributed by atoms with E-state index in [1.54, 1.807) is 0 Å². The van der Waals surface area contributed by atoms with Crippen LogP contribution in [0, 0.1) is 0 Å². The predicted octanol–water partition coefficient (Wildman–Crippen LogP) is 2.52. The average molecular weight is 319 g/mol. The van der Waals surface area contributed by atoms with Gasteiger partial charge in [-0.3, -0.25) is 9.79 Å². The van der Waals surface area contributed by atoms with Crippen molar-refractivity contribution in [1.82, 2.24) is 10.6 Å². The number of rotatable bonds is 10. The summed E-state index contributed by atoms with van der Waals surface area (Å²) >= 11 is 0. The molecule has 0 saturated heterocycles. The Hall–Kier alpha value is -2.04. The van der Waals surface area contributed by atoms with Gasteiger partial charge in [0, 0.05) is 26.1 Å². The third-order valence-corrected chi connectivity index (χ3v) is 3.43. The monoisotopic (exact) mass is 319 g/mol. The highest BCUT2D eigenvalue weighted by molar-refractivity contribution is 5.79. The summed E-state index contributed by atoms with van der Waals surface area (Å²) in [5.41, 5.74) is 1.32. The zero-order valence-corrected chi connectivity index (χ0v) is 14.3. The largest absolute Gasteiger partial charge is 0.469 e. The lowest BCUT2D eigenvalue weighted by Crippen LogP contribution is -2.38. The number of esters is 1. The van der Waals surface area contributed by atoms with Gasteiger partial charge in [0.25, 0.3) is 0 Å². The molecule has 0 aliphatic heterocycles. The molecule has 0 aliphatic rings. The Labute approximate surface area is 139 Å². The Morgan fingerprint density at radius 2 is 1.91 bits per heavy atom. The second-order valence-electron chi connectivity index (χ2n) is 5.31. The number of benzene rings is 1. The molecular weight excluding hydrogens is 290 g/mol. The van der Waals surface area contributed by atoms with E-state index in [9.17, 15) is 4.79 Å². The first-order valence-corrected chi connectivity index (χ1v) is 8.39. The predicted molar refractivity (Wildman–Crippen MR) is 94.6 cm³/mol. The number of nitrogens with zero attached hydrogens (tertiary/aromatic N) is 1. The minimum absolute atomic E-state index is 0.135. The molecule has 0 aromatic heterocycles. The first kappa shape index (κ1) is 19.0. The van der Waals surface area contributed by atoms with Gasteiger partial charge in [-0.1, -0.05) is 36.8 Å². The molecule has 0 heterocycles. The summed E-state index contributed by atoms with van der Waals surface area (Å²) < 4.78 is 4.62. The lowest BCUT2D eigenvalue weighted by molar-refractivity contribution is -0.140. The van der Waals surface area contributed by atoms with Crippen LogP contribution in [0.1, 0.15) is 38.2 Å².